The number of rotatable bonds is 16. The molecule has 21 heteroatoms. The van der Waals surface area contributed by atoms with Gasteiger partial charge in [0.25, 0.3) is 23.6 Å². The Hall–Kier alpha value is -7.55. The van der Waals surface area contributed by atoms with Gasteiger partial charge in [0.2, 0.25) is 19.1 Å². The Bertz CT molecular complexity index is 3160. The van der Waals surface area contributed by atoms with Gasteiger partial charge in [-0.1, -0.05) is 50.2 Å². The van der Waals surface area contributed by atoms with Crippen molar-refractivity contribution in [3.63, 3.8) is 0 Å². The molecule has 4 amide bonds. The van der Waals surface area contributed by atoms with Gasteiger partial charge in [-0.3, -0.25) is 33.7 Å². The fourth-order valence-corrected chi connectivity index (χ4v) is 8.66. The van der Waals surface area contributed by atoms with Gasteiger partial charge < -0.3 is 24.7 Å². The van der Waals surface area contributed by atoms with Gasteiger partial charge in [0.1, 0.15) is 0 Å². The number of benzene rings is 6. The van der Waals surface area contributed by atoms with E-state index in [0.717, 1.165) is 39.8 Å². The number of hydrogen-bond acceptors (Lipinski definition) is 13. The number of nitrogens with two attached hydrogens (primary N) is 1. The number of halogens is 3. The second-order valence-corrected chi connectivity index (χ2v) is 20.2. The van der Waals surface area contributed by atoms with Crippen LogP contribution >= 0.6 is 10.7 Å². The van der Waals surface area contributed by atoms with E-state index in [4.69, 9.17) is 35.4 Å². The van der Waals surface area contributed by atoms with E-state index in [1.807, 2.05) is 25.1 Å². The molecule has 6 aromatic carbocycles. The van der Waals surface area contributed by atoms with Gasteiger partial charge in [-0.05, 0) is 96.8 Å². The van der Waals surface area contributed by atoms with Crippen LogP contribution in [0.25, 0.3) is 0 Å². The van der Waals surface area contributed by atoms with Gasteiger partial charge in [-0.15, -0.1) is 0 Å². The highest BCUT2D eigenvalue weighted by Gasteiger charge is 2.36. The summed E-state index contributed by atoms with van der Waals surface area (Å²) < 4.78 is 99.0. The largest absolute Gasteiger partial charge is 0.493 e. The predicted molar refractivity (Wildman–Crippen MR) is 263 cm³/mol. The lowest BCUT2D eigenvalue weighted by Gasteiger charge is -2.15. The maximum atomic E-state index is 14.7. The van der Waals surface area contributed by atoms with Crippen LogP contribution in [0.1, 0.15) is 66.4 Å². The van der Waals surface area contributed by atoms with E-state index in [1.165, 1.54) is 55.6 Å². The number of imide groups is 2. The third kappa shape index (κ3) is 13.2. The first kappa shape index (κ1) is 52.8. The second kappa shape index (κ2) is 22.9. The number of methoxy groups -OCH3 is 2. The number of sulfonamides is 1. The van der Waals surface area contributed by atoms with E-state index >= 15 is 0 Å². The molecule has 3 N–H and O–H groups in total. The zero-order chi connectivity index (χ0) is 51.6. The number of nitrogen functional groups attached to an aromatic ring is 1. The van der Waals surface area contributed by atoms with Crippen molar-refractivity contribution in [2.45, 2.75) is 26.7 Å². The number of hydrogen-bond donors (Lipinski definition) is 2. The normalized spacial score (nSPS) is 12.8. The molecule has 8 rings (SSSR count). The molecule has 0 unspecified atom stereocenters. The molecule has 71 heavy (non-hydrogen) atoms. The Morgan fingerprint density at radius 1 is 0.535 bits per heavy atom. The maximum Gasteiger partial charge on any atom is 0.261 e. The number of nitrogens with one attached hydrogen (secondary N) is 1. The fourth-order valence-electron chi connectivity index (χ4n) is 7.04. The first-order valence-electron chi connectivity index (χ1n) is 21.6. The van der Waals surface area contributed by atoms with Crippen LogP contribution in [0.4, 0.5) is 20.2 Å². The fraction of sp³-hybridized carbons (Fsp3) is 0.200. The highest BCUT2D eigenvalue weighted by Crippen LogP contribution is 2.36. The summed E-state index contributed by atoms with van der Waals surface area (Å²) in [5.74, 6) is -2.49. The van der Waals surface area contributed by atoms with Crippen molar-refractivity contribution in [3.8, 4) is 34.5 Å². The predicted octanol–water partition coefficient (Wildman–Crippen LogP) is 8.85. The van der Waals surface area contributed by atoms with Crippen molar-refractivity contribution in [2.24, 2.45) is 0 Å². The smallest absolute Gasteiger partial charge is 0.261 e. The van der Waals surface area contributed by atoms with Crippen molar-refractivity contribution < 1.29 is 63.7 Å². The average molecular weight is 1030 g/mol. The minimum Gasteiger partial charge on any atom is -0.493 e. The summed E-state index contributed by atoms with van der Waals surface area (Å²) in [4.78, 5) is 50.2. The summed E-state index contributed by atoms with van der Waals surface area (Å²) in [6.07, 6.45) is 1.69. The van der Waals surface area contributed by atoms with Crippen LogP contribution in [0, 0.1) is 11.6 Å². The Morgan fingerprint density at radius 2 is 0.930 bits per heavy atom. The van der Waals surface area contributed by atoms with Gasteiger partial charge in [0.05, 0.1) is 53.7 Å². The summed E-state index contributed by atoms with van der Waals surface area (Å²) in [6.45, 7) is 3.49. The number of carbonyl (C=O) groups is 4. The van der Waals surface area contributed by atoms with Crippen LogP contribution in [0.2, 0.25) is 0 Å². The molecular formula is C50H47ClF2N4O12S2. The van der Waals surface area contributed by atoms with Gasteiger partial charge in [-0.2, -0.15) is 0 Å². The number of ether oxygens (including phenoxy) is 4. The van der Waals surface area contributed by atoms with E-state index in [1.54, 1.807) is 55.6 Å². The first-order chi connectivity index (χ1) is 33.8. The average Bonchev–Trinajstić information content (AvgIpc) is 3.74. The molecule has 0 spiro atoms. The van der Waals surface area contributed by atoms with E-state index in [9.17, 15) is 44.8 Å². The number of amides is 4. The van der Waals surface area contributed by atoms with Gasteiger partial charge in [-0.25, -0.2) is 25.6 Å². The van der Waals surface area contributed by atoms with E-state index < -0.39 is 65.8 Å². The summed E-state index contributed by atoms with van der Waals surface area (Å²) in [5.41, 5.74) is 9.05. The molecule has 0 saturated heterocycles. The minimum atomic E-state index is -3.99. The molecular weight excluding hydrogens is 986 g/mol. The van der Waals surface area contributed by atoms with Crippen LogP contribution in [-0.2, 0) is 31.9 Å². The molecule has 6 aromatic rings. The summed E-state index contributed by atoms with van der Waals surface area (Å²) in [6, 6.07) is 31.5. The zero-order valence-corrected chi connectivity index (χ0v) is 41.0. The lowest BCUT2D eigenvalue weighted by Crippen LogP contribution is -2.35. The number of aryl methyl sites for hydroxylation is 2. The van der Waals surface area contributed by atoms with Crippen LogP contribution < -0.4 is 29.4 Å². The molecule has 0 aliphatic carbocycles. The van der Waals surface area contributed by atoms with Crippen molar-refractivity contribution in [3.05, 3.63) is 166 Å². The van der Waals surface area contributed by atoms with Crippen molar-refractivity contribution in [1.82, 2.24) is 9.80 Å². The lowest BCUT2D eigenvalue weighted by atomic mass is 10.1. The third-order valence-corrected chi connectivity index (χ3v) is 13.2. The standard InChI is InChI=1S/C25H23FN2O6S.C15H16FNO2.C10H8ClNO4S/c1-3-16-8-10-22(23(14-16)33-2)34-21-11-9-17(15-20(21)26)27-35(31,32)13-12-28-24(29)18-6-4-5-7-19(18)25(28)30;1-3-10-4-6-14(15(8-10)18-2)19-13-7-5-11(17)9-12(13)16;11-17(15,16)6-5-12-9(13)7-3-1-2-4-8(7)10(12)14/h4-11,14-15,27H,3,12-13H2,1-2H3;4-9H,3,17H2,1-2H3;1-4H,5-6H2. The monoisotopic (exact) mass is 1030 g/mol. The quantitative estimate of drug-likeness (QED) is 0.0527. The molecule has 372 valence electrons. The van der Waals surface area contributed by atoms with Gasteiger partial charge >= 0.3 is 0 Å². The molecule has 0 fully saturated rings. The van der Waals surface area contributed by atoms with Gasteiger partial charge in [0.15, 0.2) is 46.1 Å². The van der Waals surface area contributed by atoms with Crippen LogP contribution in [0.15, 0.2) is 121 Å². The van der Waals surface area contributed by atoms with Crippen molar-refractivity contribution in [1.29, 1.82) is 0 Å². The third-order valence-electron chi connectivity index (χ3n) is 10.8. The first-order valence-corrected chi connectivity index (χ1v) is 25.8. The van der Waals surface area contributed by atoms with Crippen LogP contribution in [0.3, 0.4) is 0 Å². The number of anilines is 2. The molecule has 0 bridgehead atoms. The van der Waals surface area contributed by atoms with Crippen LogP contribution in [-0.4, -0.2) is 89.1 Å². The maximum absolute atomic E-state index is 14.7. The topological polar surface area (TPSA) is 218 Å². The number of fused-ring (bicyclic) bond motifs is 2. The molecule has 0 atom stereocenters. The Morgan fingerprint density at radius 3 is 1.31 bits per heavy atom. The molecule has 2 heterocycles. The number of carbonyl (C=O) groups excluding carboxylic acids is 4. The van der Waals surface area contributed by atoms with E-state index in [-0.39, 0.29) is 41.4 Å². The Labute approximate surface area is 413 Å². The molecule has 0 aromatic heterocycles. The van der Waals surface area contributed by atoms with Crippen LogP contribution in [0.5, 0.6) is 34.5 Å². The zero-order valence-electron chi connectivity index (χ0n) is 38.6. The minimum absolute atomic E-state index is 0.0227. The second-order valence-electron chi connectivity index (χ2n) is 15.5. The van der Waals surface area contributed by atoms with E-state index in [0.29, 0.717) is 39.8 Å². The SMILES string of the molecule is CCc1ccc(Oc2ccc(N)cc2F)c(OC)c1.CCc1ccc(Oc2ccc(NS(=O)(=O)CCN3C(=O)c4ccccc4C3=O)cc2F)c(OC)c1.O=C1c2ccccc2C(=O)N1CCS(=O)(=O)Cl. The van der Waals surface area contributed by atoms with Crippen molar-refractivity contribution >= 4 is 64.8 Å². The van der Waals surface area contributed by atoms with Crippen molar-refractivity contribution in [2.75, 3.05) is 49.3 Å². The molecule has 0 saturated carbocycles. The lowest BCUT2D eigenvalue weighted by molar-refractivity contribution is 0.0648. The molecule has 2 aliphatic rings. The summed E-state index contributed by atoms with van der Waals surface area (Å²) in [7, 11) is 0.375. The molecule has 0 radical (unpaired) electrons. The van der Waals surface area contributed by atoms with E-state index in [2.05, 4.69) is 11.6 Å². The molecule has 2 aliphatic heterocycles. The number of nitrogens with zero attached hydrogens (tertiary/aromatic N) is 2. The summed E-state index contributed by atoms with van der Waals surface area (Å²) in [5, 5.41) is 0. The highest BCUT2D eigenvalue weighted by atomic mass is 35.7. The highest BCUT2D eigenvalue weighted by molar-refractivity contribution is 8.13. The molecule has 16 nitrogen and oxygen atoms in total. The Balaban J connectivity index is 0.000000193. The Kier molecular flexibility index (Phi) is 17.0. The summed E-state index contributed by atoms with van der Waals surface area (Å²) >= 11 is 0. The van der Waals surface area contributed by atoms with Gasteiger partial charge in [0, 0.05) is 41.6 Å².